The summed E-state index contributed by atoms with van der Waals surface area (Å²) in [6.07, 6.45) is 0.0730. The first-order valence-electron chi connectivity index (χ1n) is 8.27. The highest BCUT2D eigenvalue weighted by atomic mass is 16.5. The number of carbonyl (C=O) groups excluding carboxylic acids is 1. The highest BCUT2D eigenvalue weighted by molar-refractivity contribution is 5.79. The molecule has 126 valence electrons. The van der Waals surface area contributed by atoms with E-state index < -0.39 is 6.10 Å². The number of aromatic nitrogens is 1. The fourth-order valence-electron chi connectivity index (χ4n) is 3.27. The van der Waals surface area contributed by atoms with E-state index in [9.17, 15) is 9.90 Å². The summed E-state index contributed by atoms with van der Waals surface area (Å²) in [6, 6.07) is 18.8. The number of hydrogen-bond acceptors (Lipinski definition) is 4. The predicted octanol–water partition coefficient (Wildman–Crippen LogP) is 2.66. The molecule has 4 rings (SSSR count). The zero-order valence-electron chi connectivity index (χ0n) is 13.6. The van der Waals surface area contributed by atoms with Gasteiger partial charge in [0.05, 0.1) is 24.3 Å². The Kier molecular flexibility index (Phi) is 4.07. The molecule has 1 aliphatic rings. The minimum atomic E-state index is -0.599. The fourth-order valence-corrected chi connectivity index (χ4v) is 3.27. The number of rotatable bonds is 4. The lowest BCUT2D eigenvalue weighted by atomic mass is 10.1. The molecule has 0 saturated carbocycles. The Morgan fingerprint density at radius 3 is 2.76 bits per heavy atom. The third-order valence-corrected chi connectivity index (χ3v) is 4.48. The van der Waals surface area contributed by atoms with Crippen LogP contribution in [-0.2, 0) is 17.6 Å². The third kappa shape index (κ3) is 3.19. The standard InChI is InChI=1S/C20H18N2O3/c23-17-10-14-8-4-5-9-16(14)20(17)21-19(24)12-15-11-18(25-22-15)13-6-2-1-3-7-13/h1-9,11,17,20,23H,10,12H2,(H,21,24). The summed E-state index contributed by atoms with van der Waals surface area (Å²) in [5, 5.41) is 17.1. The smallest absolute Gasteiger partial charge is 0.226 e. The van der Waals surface area contributed by atoms with Gasteiger partial charge in [-0.3, -0.25) is 4.79 Å². The number of benzene rings is 2. The van der Waals surface area contributed by atoms with Crippen molar-refractivity contribution in [3.8, 4) is 11.3 Å². The number of fused-ring (bicyclic) bond motifs is 1. The molecule has 2 aromatic carbocycles. The van der Waals surface area contributed by atoms with Crippen LogP contribution in [-0.4, -0.2) is 22.3 Å². The molecule has 0 spiro atoms. The molecule has 25 heavy (non-hydrogen) atoms. The van der Waals surface area contributed by atoms with E-state index in [1.54, 1.807) is 6.07 Å². The van der Waals surface area contributed by atoms with Crippen molar-refractivity contribution >= 4 is 5.91 Å². The van der Waals surface area contributed by atoms with E-state index >= 15 is 0 Å². The Bertz CT molecular complexity index is 889. The molecule has 3 aromatic rings. The molecule has 2 N–H and O–H groups in total. The number of aliphatic hydroxyl groups excluding tert-OH is 1. The minimum Gasteiger partial charge on any atom is -0.390 e. The third-order valence-electron chi connectivity index (χ3n) is 4.48. The zero-order chi connectivity index (χ0) is 17.2. The van der Waals surface area contributed by atoms with E-state index in [0.29, 0.717) is 17.9 Å². The molecule has 1 aromatic heterocycles. The molecule has 1 amide bonds. The van der Waals surface area contributed by atoms with E-state index in [1.165, 1.54) is 0 Å². The van der Waals surface area contributed by atoms with Gasteiger partial charge in [0.2, 0.25) is 5.91 Å². The second-order valence-electron chi connectivity index (χ2n) is 6.24. The van der Waals surface area contributed by atoms with E-state index in [-0.39, 0.29) is 18.4 Å². The molecule has 0 bridgehead atoms. The molecule has 1 heterocycles. The summed E-state index contributed by atoms with van der Waals surface area (Å²) < 4.78 is 5.32. The van der Waals surface area contributed by atoms with Crippen LogP contribution in [0.4, 0.5) is 0 Å². The van der Waals surface area contributed by atoms with Gasteiger partial charge in [0.15, 0.2) is 5.76 Å². The van der Waals surface area contributed by atoms with Gasteiger partial charge in [-0.2, -0.15) is 0 Å². The number of carbonyl (C=O) groups is 1. The second-order valence-corrected chi connectivity index (χ2v) is 6.24. The van der Waals surface area contributed by atoms with Gasteiger partial charge < -0.3 is 14.9 Å². The number of aliphatic hydroxyl groups is 1. The number of nitrogens with one attached hydrogen (secondary N) is 1. The summed E-state index contributed by atoms with van der Waals surface area (Å²) >= 11 is 0. The molecule has 0 aliphatic heterocycles. The van der Waals surface area contributed by atoms with Crippen LogP contribution in [0.25, 0.3) is 11.3 Å². The highest BCUT2D eigenvalue weighted by Gasteiger charge is 2.31. The van der Waals surface area contributed by atoms with Crippen LogP contribution in [0.15, 0.2) is 65.2 Å². The average Bonchev–Trinajstić information content (AvgIpc) is 3.21. The van der Waals surface area contributed by atoms with Gasteiger partial charge >= 0.3 is 0 Å². The Morgan fingerprint density at radius 1 is 1.16 bits per heavy atom. The van der Waals surface area contributed by atoms with Crippen LogP contribution >= 0.6 is 0 Å². The van der Waals surface area contributed by atoms with E-state index in [0.717, 1.165) is 16.7 Å². The lowest BCUT2D eigenvalue weighted by Gasteiger charge is -2.17. The van der Waals surface area contributed by atoms with Crippen molar-refractivity contribution < 1.29 is 14.4 Å². The van der Waals surface area contributed by atoms with Crippen molar-refractivity contribution in [3.05, 3.63) is 77.5 Å². The molecule has 0 radical (unpaired) electrons. The Balaban J connectivity index is 1.44. The maximum atomic E-state index is 12.4. The first-order valence-corrected chi connectivity index (χ1v) is 8.27. The molecular weight excluding hydrogens is 316 g/mol. The zero-order valence-corrected chi connectivity index (χ0v) is 13.6. The van der Waals surface area contributed by atoms with Crippen LogP contribution in [0.5, 0.6) is 0 Å². The van der Waals surface area contributed by atoms with Crippen LogP contribution in [0.3, 0.4) is 0 Å². The summed E-state index contributed by atoms with van der Waals surface area (Å²) in [6.45, 7) is 0. The van der Waals surface area contributed by atoms with E-state index in [1.807, 2.05) is 54.6 Å². The Morgan fingerprint density at radius 2 is 1.92 bits per heavy atom. The normalized spacial score (nSPS) is 18.8. The second kappa shape index (κ2) is 6.53. The minimum absolute atomic E-state index is 0.113. The summed E-state index contributed by atoms with van der Waals surface area (Å²) in [7, 11) is 0. The van der Waals surface area contributed by atoms with Gasteiger partial charge in [0, 0.05) is 18.1 Å². The van der Waals surface area contributed by atoms with Gasteiger partial charge in [0.25, 0.3) is 0 Å². The van der Waals surface area contributed by atoms with Gasteiger partial charge in [-0.25, -0.2) is 0 Å². The molecule has 5 heteroatoms. The van der Waals surface area contributed by atoms with Gasteiger partial charge in [-0.15, -0.1) is 0 Å². The maximum absolute atomic E-state index is 12.4. The lowest BCUT2D eigenvalue weighted by Crippen LogP contribution is -2.34. The molecule has 1 aliphatic carbocycles. The van der Waals surface area contributed by atoms with Crippen molar-refractivity contribution in [2.24, 2.45) is 0 Å². The summed E-state index contributed by atoms with van der Waals surface area (Å²) in [5.41, 5.74) is 3.54. The van der Waals surface area contributed by atoms with Crippen molar-refractivity contribution in [1.82, 2.24) is 10.5 Å². The molecule has 2 atom stereocenters. The van der Waals surface area contributed by atoms with Crippen molar-refractivity contribution in [2.45, 2.75) is 25.0 Å². The van der Waals surface area contributed by atoms with Gasteiger partial charge in [0.1, 0.15) is 0 Å². The van der Waals surface area contributed by atoms with E-state index in [4.69, 9.17) is 4.52 Å². The van der Waals surface area contributed by atoms with Crippen LogP contribution in [0.2, 0.25) is 0 Å². The average molecular weight is 334 g/mol. The molecule has 5 nitrogen and oxygen atoms in total. The quantitative estimate of drug-likeness (QED) is 0.769. The SMILES string of the molecule is O=C(Cc1cc(-c2ccccc2)on1)NC1c2ccccc2CC1O. The van der Waals surface area contributed by atoms with Crippen molar-refractivity contribution in [3.63, 3.8) is 0 Å². The number of nitrogens with zero attached hydrogens (tertiary/aromatic N) is 1. The van der Waals surface area contributed by atoms with Crippen LogP contribution < -0.4 is 5.32 Å². The largest absolute Gasteiger partial charge is 0.390 e. The first-order chi connectivity index (χ1) is 12.2. The first kappa shape index (κ1) is 15.6. The van der Waals surface area contributed by atoms with Crippen molar-refractivity contribution in [2.75, 3.05) is 0 Å². The van der Waals surface area contributed by atoms with Gasteiger partial charge in [-0.1, -0.05) is 59.8 Å². The fraction of sp³-hybridized carbons (Fsp3) is 0.200. The molecular formula is C20H18N2O3. The predicted molar refractivity (Wildman–Crippen MR) is 92.7 cm³/mol. The molecule has 2 unspecified atom stereocenters. The summed E-state index contributed by atoms with van der Waals surface area (Å²) in [5.74, 6) is 0.448. The molecule has 0 fully saturated rings. The maximum Gasteiger partial charge on any atom is 0.226 e. The van der Waals surface area contributed by atoms with Crippen LogP contribution in [0.1, 0.15) is 22.9 Å². The highest BCUT2D eigenvalue weighted by Crippen LogP contribution is 2.31. The monoisotopic (exact) mass is 334 g/mol. The number of hydrogen-bond donors (Lipinski definition) is 2. The summed E-state index contributed by atoms with van der Waals surface area (Å²) in [4.78, 5) is 12.4. The Labute approximate surface area is 145 Å². The molecule has 0 saturated heterocycles. The van der Waals surface area contributed by atoms with Crippen LogP contribution in [0, 0.1) is 0 Å². The lowest BCUT2D eigenvalue weighted by molar-refractivity contribution is -0.122. The van der Waals surface area contributed by atoms with Gasteiger partial charge in [-0.05, 0) is 11.1 Å². The van der Waals surface area contributed by atoms with E-state index in [2.05, 4.69) is 10.5 Å². The number of amides is 1. The van der Waals surface area contributed by atoms with Crippen molar-refractivity contribution in [1.29, 1.82) is 0 Å². The topological polar surface area (TPSA) is 75.4 Å². The Hall–Kier alpha value is -2.92.